The quantitative estimate of drug-likeness (QED) is 0.783. The molecule has 0 fully saturated rings. The standard InChI is InChI=1S/C10H15FN2O2S/c1-10(2,3)16(14,15)13-9-6-7(11)4-5-8(9)12/h4-6,13H,12H2,1-3H3. The summed E-state index contributed by atoms with van der Waals surface area (Å²) >= 11 is 0. The zero-order valence-corrected chi connectivity index (χ0v) is 10.2. The van der Waals surface area contributed by atoms with Gasteiger partial charge in [0.1, 0.15) is 5.82 Å². The second-order valence-corrected chi connectivity index (χ2v) is 6.89. The molecule has 0 atom stereocenters. The molecule has 0 aliphatic heterocycles. The molecule has 0 saturated heterocycles. The first-order valence-electron chi connectivity index (χ1n) is 4.71. The van der Waals surface area contributed by atoms with Gasteiger partial charge in [-0.15, -0.1) is 0 Å². The summed E-state index contributed by atoms with van der Waals surface area (Å²) in [6.45, 7) is 4.64. The van der Waals surface area contributed by atoms with Crippen molar-refractivity contribution in [1.82, 2.24) is 0 Å². The molecule has 1 aromatic carbocycles. The van der Waals surface area contributed by atoms with E-state index in [0.717, 1.165) is 6.07 Å². The number of sulfonamides is 1. The molecule has 0 amide bonds. The van der Waals surface area contributed by atoms with E-state index < -0.39 is 20.6 Å². The maximum atomic E-state index is 12.9. The molecular formula is C10H15FN2O2S. The van der Waals surface area contributed by atoms with Crippen LogP contribution in [0.15, 0.2) is 18.2 Å². The Morgan fingerprint density at radius 1 is 1.31 bits per heavy atom. The van der Waals surface area contributed by atoms with Gasteiger partial charge in [-0.1, -0.05) is 0 Å². The average Bonchev–Trinajstić information content (AvgIpc) is 2.09. The molecule has 1 aromatic rings. The molecule has 0 unspecified atom stereocenters. The lowest BCUT2D eigenvalue weighted by Crippen LogP contribution is -2.33. The number of benzene rings is 1. The molecule has 0 aromatic heterocycles. The lowest BCUT2D eigenvalue weighted by Gasteiger charge is -2.21. The third kappa shape index (κ3) is 2.63. The Morgan fingerprint density at radius 3 is 2.38 bits per heavy atom. The van der Waals surface area contributed by atoms with E-state index in [-0.39, 0.29) is 11.4 Å². The number of hydrogen-bond donors (Lipinski definition) is 2. The fourth-order valence-corrected chi connectivity index (χ4v) is 1.69. The van der Waals surface area contributed by atoms with Crippen LogP contribution in [0.4, 0.5) is 15.8 Å². The van der Waals surface area contributed by atoms with Crippen LogP contribution in [0.25, 0.3) is 0 Å². The number of hydrogen-bond acceptors (Lipinski definition) is 3. The summed E-state index contributed by atoms with van der Waals surface area (Å²) < 4.78 is 37.8. The van der Waals surface area contributed by atoms with Gasteiger partial charge in [-0.2, -0.15) is 0 Å². The molecule has 0 radical (unpaired) electrons. The van der Waals surface area contributed by atoms with Crippen LogP contribution < -0.4 is 10.5 Å². The van der Waals surface area contributed by atoms with E-state index in [1.165, 1.54) is 12.1 Å². The Morgan fingerprint density at radius 2 is 1.88 bits per heavy atom. The Labute approximate surface area is 94.7 Å². The largest absolute Gasteiger partial charge is 0.397 e. The third-order valence-electron chi connectivity index (χ3n) is 2.07. The third-order valence-corrected chi connectivity index (χ3v) is 4.17. The summed E-state index contributed by atoms with van der Waals surface area (Å²) in [6.07, 6.45) is 0. The molecule has 3 N–H and O–H groups in total. The second-order valence-electron chi connectivity index (χ2n) is 4.45. The van der Waals surface area contributed by atoms with E-state index in [0.29, 0.717) is 0 Å². The van der Waals surface area contributed by atoms with Crippen molar-refractivity contribution in [3.05, 3.63) is 24.0 Å². The number of nitrogens with two attached hydrogens (primary N) is 1. The van der Waals surface area contributed by atoms with Crippen molar-refractivity contribution in [3.8, 4) is 0 Å². The van der Waals surface area contributed by atoms with Crippen LogP contribution >= 0.6 is 0 Å². The fraction of sp³-hybridized carbons (Fsp3) is 0.400. The van der Waals surface area contributed by atoms with Crippen LogP contribution in [0.5, 0.6) is 0 Å². The summed E-state index contributed by atoms with van der Waals surface area (Å²) in [4.78, 5) is 0. The molecule has 0 saturated carbocycles. The van der Waals surface area contributed by atoms with Gasteiger partial charge in [0, 0.05) is 6.07 Å². The Bertz CT molecular complexity index is 492. The zero-order chi connectivity index (χ0) is 12.6. The maximum absolute atomic E-state index is 12.9. The minimum absolute atomic E-state index is 0.0647. The van der Waals surface area contributed by atoms with E-state index in [1.807, 2.05) is 0 Å². The molecule has 0 aliphatic carbocycles. The normalized spacial score (nSPS) is 12.5. The monoisotopic (exact) mass is 246 g/mol. The van der Waals surface area contributed by atoms with Crippen molar-refractivity contribution >= 4 is 21.4 Å². The smallest absolute Gasteiger partial charge is 0.237 e. The van der Waals surface area contributed by atoms with E-state index in [4.69, 9.17) is 5.73 Å². The van der Waals surface area contributed by atoms with Crippen LogP contribution in [-0.2, 0) is 10.0 Å². The first-order chi connectivity index (χ1) is 7.13. The fourth-order valence-electron chi connectivity index (χ4n) is 0.915. The predicted octanol–water partition coefficient (Wildman–Crippen LogP) is 1.95. The summed E-state index contributed by atoms with van der Waals surface area (Å²) in [6, 6.07) is 3.54. The number of halogens is 1. The molecule has 6 heteroatoms. The Kier molecular flexibility index (Phi) is 3.14. The van der Waals surface area contributed by atoms with E-state index in [1.54, 1.807) is 20.8 Å². The van der Waals surface area contributed by atoms with Crippen molar-refractivity contribution in [1.29, 1.82) is 0 Å². The minimum atomic E-state index is -3.59. The first kappa shape index (κ1) is 12.8. The minimum Gasteiger partial charge on any atom is -0.397 e. The summed E-state index contributed by atoms with van der Waals surface area (Å²) in [5, 5.41) is 0. The highest BCUT2D eigenvalue weighted by molar-refractivity contribution is 7.94. The van der Waals surface area contributed by atoms with Gasteiger partial charge in [0.2, 0.25) is 10.0 Å². The summed E-state index contributed by atoms with van der Waals surface area (Å²) in [5.74, 6) is -0.541. The molecule has 0 heterocycles. The molecule has 16 heavy (non-hydrogen) atoms. The lowest BCUT2D eigenvalue weighted by atomic mass is 10.3. The van der Waals surface area contributed by atoms with Gasteiger partial charge in [0.05, 0.1) is 16.1 Å². The van der Waals surface area contributed by atoms with Crippen LogP contribution in [0.3, 0.4) is 0 Å². The molecule has 1 rings (SSSR count). The van der Waals surface area contributed by atoms with Gasteiger partial charge in [0.15, 0.2) is 0 Å². The highest BCUT2D eigenvalue weighted by Crippen LogP contribution is 2.24. The predicted molar refractivity (Wildman–Crippen MR) is 63.1 cm³/mol. The molecule has 0 bridgehead atoms. The lowest BCUT2D eigenvalue weighted by molar-refractivity contribution is 0.566. The Hall–Kier alpha value is -1.30. The van der Waals surface area contributed by atoms with Crippen molar-refractivity contribution in [2.45, 2.75) is 25.5 Å². The van der Waals surface area contributed by atoms with Crippen LogP contribution in [0.2, 0.25) is 0 Å². The van der Waals surface area contributed by atoms with Crippen molar-refractivity contribution in [2.24, 2.45) is 0 Å². The van der Waals surface area contributed by atoms with Gasteiger partial charge in [-0.3, -0.25) is 4.72 Å². The van der Waals surface area contributed by atoms with Crippen LogP contribution in [-0.4, -0.2) is 13.2 Å². The van der Waals surface area contributed by atoms with Crippen molar-refractivity contribution < 1.29 is 12.8 Å². The Balaban J connectivity index is 3.11. The number of nitrogen functional groups attached to an aromatic ring is 1. The topological polar surface area (TPSA) is 72.2 Å². The van der Waals surface area contributed by atoms with E-state index in [9.17, 15) is 12.8 Å². The van der Waals surface area contributed by atoms with E-state index in [2.05, 4.69) is 4.72 Å². The average molecular weight is 246 g/mol. The summed E-state index contributed by atoms with van der Waals surface area (Å²) in [5.41, 5.74) is 5.80. The number of rotatable bonds is 2. The van der Waals surface area contributed by atoms with Gasteiger partial charge >= 0.3 is 0 Å². The molecule has 0 aliphatic rings. The van der Waals surface area contributed by atoms with Gasteiger partial charge in [-0.05, 0) is 32.9 Å². The molecule has 90 valence electrons. The zero-order valence-electron chi connectivity index (χ0n) is 9.41. The SMILES string of the molecule is CC(C)(C)S(=O)(=O)Nc1cc(F)ccc1N. The van der Waals surface area contributed by atoms with Crippen molar-refractivity contribution in [2.75, 3.05) is 10.5 Å². The van der Waals surface area contributed by atoms with E-state index >= 15 is 0 Å². The number of nitrogens with one attached hydrogen (secondary N) is 1. The second kappa shape index (κ2) is 3.93. The maximum Gasteiger partial charge on any atom is 0.237 e. The highest BCUT2D eigenvalue weighted by Gasteiger charge is 2.29. The van der Waals surface area contributed by atoms with Crippen molar-refractivity contribution in [3.63, 3.8) is 0 Å². The van der Waals surface area contributed by atoms with Gasteiger partial charge < -0.3 is 5.73 Å². The molecule has 0 spiro atoms. The van der Waals surface area contributed by atoms with Crippen LogP contribution in [0.1, 0.15) is 20.8 Å². The van der Waals surface area contributed by atoms with Gasteiger partial charge in [-0.25, -0.2) is 12.8 Å². The van der Waals surface area contributed by atoms with Crippen LogP contribution in [0, 0.1) is 5.82 Å². The highest BCUT2D eigenvalue weighted by atomic mass is 32.2. The summed E-state index contributed by atoms with van der Waals surface area (Å²) in [7, 11) is -3.59. The first-order valence-corrected chi connectivity index (χ1v) is 6.19. The number of anilines is 2. The molecular weight excluding hydrogens is 231 g/mol. The molecule has 4 nitrogen and oxygen atoms in total. The van der Waals surface area contributed by atoms with Gasteiger partial charge in [0.25, 0.3) is 0 Å².